The molecule has 4 N–H and O–H groups in total. The Bertz CT molecular complexity index is 433. The maximum atomic E-state index is 11.7. The minimum Gasteiger partial charge on any atom is -0.385 e. The summed E-state index contributed by atoms with van der Waals surface area (Å²) in [5.74, 6) is 5.22. The molecule has 0 aliphatic carbocycles. The van der Waals surface area contributed by atoms with Gasteiger partial charge in [0.1, 0.15) is 4.90 Å². The maximum Gasteiger partial charge on any atom is 0.243 e. The fourth-order valence-electron chi connectivity index (χ4n) is 1.04. The number of hydrazine groups is 1. The summed E-state index contributed by atoms with van der Waals surface area (Å²) in [6.45, 7) is 0.794. The van der Waals surface area contributed by atoms with Crippen LogP contribution in [0.5, 0.6) is 0 Å². The van der Waals surface area contributed by atoms with Crippen LogP contribution in [0.2, 0.25) is 0 Å². The number of methoxy groups -OCH3 is 1. The van der Waals surface area contributed by atoms with Gasteiger partial charge in [-0.15, -0.1) is 0 Å². The summed E-state index contributed by atoms with van der Waals surface area (Å²) in [5, 5.41) is 0. The standard InChI is InChI=1S/C8H15N5O3S/c1-16-4-2-3-12-17(14,15)7-5-10-8(13-9)11-6-7/h5-6,12H,2-4,9H2,1H3,(H,10,11,13). The molecule has 1 aromatic heterocycles. The zero-order chi connectivity index (χ0) is 12.7. The number of hydrogen-bond acceptors (Lipinski definition) is 7. The predicted molar refractivity (Wildman–Crippen MR) is 61.5 cm³/mol. The van der Waals surface area contributed by atoms with Gasteiger partial charge in [-0.1, -0.05) is 0 Å². The summed E-state index contributed by atoms with van der Waals surface area (Å²) in [7, 11) is -2.01. The van der Waals surface area contributed by atoms with E-state index in [4.69, 9.17) is 10.6 Å². The summed E-state index contributed by atoms with van der Waals surface area (Å²) < 4.78 is 30.6. The van der Waals surface area contributed by atoms with Gasteiger partial charge in [0.25, 0.3) is 0 Å². The Kier molecular flexibility index (Phi) is 5.22. The van der Waals surface area contributed by atoms with E-state index < -0.39 is 10.0 Å². The van der Waals surface area contributed by atoms with Crippen LogP contribution in [0, 0.1) is 0 Å². The average Bonchev–Trinajstić information content (AvgIpc) is 2.35. The van der Waals surface area contributed by atoms with Crippen molar-refractivity contribution < 1.29 is 13.2 Å². The summed E-state index contributed by atoms with van der Waals surface area (Å²) in [5.41, 5.74) is 2.21. The quantitative estimate of drug-likeness (QED) is 0.330. The van der Waals surface area contributed by atoms with Crippen LogP contribution in [0.4, 0.5) is 5.95 Å². The summed E-state index contributed by atoms with van der Waals surface area (Å²) in [6, 6.07) is 0. The van der Waals surface area contributed by atoms with Crippen molar-refractivity contribution in [2.24, 2.45) is 5.84 Å². The van der Waals surface area contributed by atoms with E-state index in [1.807, 2.05) is 0 Å². The molecule has 0 saturated heterocycles. The van der Waals surface area contributed by atoms with Crippen LogP contribution in [0.3, 0.4) is 0 Å². The van der Waals surface area contributed by atoms with Gasteiger partial charge in [-0.2, -0.15) is 0 Å². The molecule has 0 aliphatic rings. The van der Waals surface area contributed by atoms with E-state index in [0.717, 1.165) is 0 Å². The Morgan fingerprint density at radius 1 is 1.41 bits per heavy atom. The number of sulfonamides is 1. The van der Waals surface area contributed by atoms with Gasteiger partial charge in [-0.25, -0.2) is 29.0 Å². The highest BCUT2D eigenvalue weighted by molar-refractivity contribution is 7.89. The van der Waals surface area contributed by atoms with E-state index in [2.05, 4.69) is 20.1 Å². The van der Waals surface area contributed by atoms with E-state index in [9.17, 15) is 8.42 Å². The number of nitrogen functional groups attached to an aromatic ring is 1. The largest absolute Gasteiger partial charge is 0.385 e. The number of nitrogens with one attached hydrogen (secondary N) is 2. The Balaban J connectivity index is 2.62. The van der Waals surface area contributed by atoms with Gasteiger partial charge in [-0.05, 0) is 6.42 Å². The topological polar surface area (TPSA) is 119 Å². The zero-order valence-electron chi connectivity index (χ0n) is 9.38. The Hall–Kier alpha value is -1.29. The number of nitrogens with two attached hydrogens (primary N) is 1. The highest BCUT2D eigenvalue weighted by atomic mass is 32.2. The average molecular weight is 261 g/mol. The van der Waals surface area contributed by atoms with Gasteiger partial charge in [0.05, 0.1) is 12.4 Å². The number of ether oxygens (including phenoxy) is 1. The lowest BCUT2D eigenvalue weighted by Crippen LogP contribution is -2.26. The van der Waals surface area contributed by atoms with Crippen molar-refractivity contribution in [1.29, 1.82) is 0 Å². The zero-order valence-corrected chi connectivity index (χ0v) is 10.2. The second-order valence-corrected chi connectivity index (χ2v) is 4.90. The number of nitrogens with zero attached hydrogens (tertiary/aromatic N) is 2. The molecule has 0 aliphatic heterocycles. The van der Waals surface area contributed by atoms with Crippen molar-refractivity contribution in [3.8, 4) is 0 Å². The van der Waals surface area contributed by atoms with E-state index in [-0.39, 0.29) is 10.8 Å². The molecule has 1 aromatic rings. The van der Waals surface area contributed by atoms with Gasteiger partial charge < -0.3 is 4.74 Å². The molecule has 0 amide bonds. The fourth-order valence-corrected chi connectivity index (χ4v) is 2.00. The van der Waals surface area contributed by atoms with Crippen LogP contribution in [0.25, 0.3) is 0 Å². The molecule has 96 valence electrons. The van der Waals surface area contributed by atoms with Crippen molar-refractivity contribution in [1.82, 2.24) is 14.7 Å². The van der Waals surface area contributed by atoms with Crippen molar-refractivity contribution in [3.63, 3.8) is 0 Å². The van der Waals surface area contributed by atoms with Crippen LogP contribution in [-0.4, -0.2) is 38.6 Å². The molecule has 0 spiro atoms. The van der Waals surface area contributed by atoms with Crippen LogP contribution < -0.4 is 16.0 Å². The lowest BCUT2D eigenvalue weighted by Gasteiger charge is -2.06. The summed E-state index contributed by atoms with van der Waals surface area (Å²) >= 11 is 0. The first-order valence-electron chi connectivity index (χ1n) is 4.87. The van der Waals surface area contributed by atoms with Crippen molar-refractivity contribution in [2.45, 2.75) is 11.3 Å². The predicted octanol–water partition coefficient (Wildman–Crippen LogP) is -0.923. The normalized spacial score (nSPS) is 11.4. The van der Waals surface area contributed by atoms with Crippen LogP contribution in [-0.2, 0) is 14.8 Å². The second-order valence-electron chi connectivity index (χ2n) is 3.13. The third kappa shape index (κ3) is 4.23. The minimum absolute atomic E-state index is 0.00563. The SMILES string of the molecule is COCCCNS(=O)(=O)c1cnc(NN)nc1. The van der Waals surface area contributed by atoms with Crippen LogP contribution in [0.15, 0.2) is 17.3 Å². The van der Waals surface area contributed by atoms with Crippen LogP contribution in [0.1, 0.15) is 6.42 Å². The number of anilines is 1. The third-order valence-corrected chi connectivity index (χ3v) is 3.30. The molecule has 1 heterocycles. The van der Waals surface area contributed by atoms with Crippen molar-refractivity contribution in [3.05, 3.63) is 12.4 Å². The lowest BCUT2D eigenvalue weighted by molar-refractivity contribution is 0.196. The lowest BCUT2D eigenvalue weighted by atomic mass is 10.5. The van der Waals surface area contributed by atoms with E-state index >= 15 is 0 Å². The smallest absolute Gasteiger partial charge is 0.243 e. The number of aromatic nitrogens is 2. The van der Waals surface area contributed by atoms with Gasteiger partial charge in [0, 0.05) is 20.3 Å². The highest BCUT2D eigenvalue weighted by Crippen LogP contribution is 2.06. The first-order chi connectivity index (χ1) is 8.10. The van der Waals surface area contributed by atoms with E-state index in [1.54, 1.807) is 7.11 Å². The number of hydrogen-bond donors (Lipinski definition) is 3. The molecule has 1 rings (SSSR count). The molecule has 0 bridgehead atoms. The molecule has 0 radical (unpaired) electrons. The van der Waals surface area contributed by atoms with Gasteiger partial charge in [0.15, 0.2) is 0 Å². The minimum atomic E-state index is -3.56. The molecule has 0 aromatic carbocycles. The third-order valence-electron chi connectivity index (χ3n) is 1.88. The van der Waals surface area contributed by atoms with Crippen LogP contribution >= 0.6 is 0 Å². The number of rotatable bonds is 7. The van der Waals surface area contributed by atoms with E-state index in [0.29, 0.717) is 19.6 Å². The van der Waals surface area contributed by atoms with Crippen molar-refractivity contribution in [2.75, 3.05) is 25.7 Å². The Morgan fingerprint density at radius 3 is 2.59 bits per heavy atom. The molecule has 0 atom stereocenters. The van der Waals surface area contributed by atoms with Crippen molar-refractivity contribution >= 4 is 16.0 Å². The first kappa shape index (κ1) is 13.8. The molecule has 17 heavy (non-hydrogen) atoms. The molecule has 8 nitrogen and oxygen atoms in total. The first-order valence-corrected chi connectivity index (χ1v) is 6.35. The van der Waals surface area contributed by atoms with Gasteiger partial charge in [-0.3, -0.25) is 5.43 Å². The summed E-state index contributed by atoms with van der Waals surface area (Å²) in [4.78, 5) is 7.43. The Labute approximate surface area is 99.6 Å². The molecule has 0 unspecified atom stereocenters. The maximum absolute atomic E-state index is 11.7. The molecule has 0 fully saturated rings. The van der Waals surface area contributed by atoms with Gasteiger partial charge >= 0.3 is 0 Å². The molecular formula is C8H15N5O3S. The monoisotopic (exact) mass is 261 g/mol. The second kappa shape index (κ2) is 6.45. The fraction of sp³-hybridized carbons (Fsp3) is 0.500. The van der Waals surface area contributed by atoms with E-state index in [1.165, 1.54) is 12.4 Å². The molecular weight excluding hydrogens is 246 g/mol. The summed E-state index contributed by atoms with van der Waals surface area (Å²) in [6.07, 6.45) is 2.96. The van der Waals surface area contributed by atoms with Gasteiger partial charge in [0.2, 0.25) is 16.0 Å². The molecule has 9 heteroatoms. The highest BCUT2D eigenvalue weighted by Gasteiger charge is 2.14. The Morgan fingerprint density at radius 2 is 2.06 bits per heavy atom. The molecule has 0 saturated carbocycles.